The summed E-state index contributed by atoms with van der Waals surface area (Å²) in [5, 5.41) is 0. The molecule has 0 fully saturated rings. The van der Waals surface area contributed by atoms with E-state index in [0.29, 0.717) is 6.10 Å². The molecule has 0 saturated carbocycles. The Kier molecular flexibility index (Phi) is 4.30. The SMILES string of the molecule is CC1=CCCC(OC(C)(I)I)C1. The van der Waals surface area contributed by atoms with Crippen molar-refractivity contribution in [1.29, 1.82) is 0 Å². The van der Waals surface area contributed by atoms with Gasteiger partial charge in [0.1, 0.15) is 0 Å². The van der Waals surface area contributed by atoms with Gasteiger partial charge in [0.05, 0.1) is 6.10 Å². The first-order valence-corrected chi connectivity index (χ1v) is 6.34. The van der Waals surface area contributed by atoms with Crippen LogP contribution in [0.2, 0.25) is 0 Å². The molecule has 0 heterocycles. The Bertz CT molecular complexity index is 181. The molecule has 0 N–H and O–H groups in total. The Morgan fingerprint density at radius 1 is 1.58 bits per heavy atom. The van der Waals surface area contributed by atoms with Crippen LogP contribution >= 0.6 is 45.2 Å². The fourth-order valence-electron chi connectivity index (χ4n) is 1.45. The molecule has 0 spiro atoms. The number of allylic oxidation sites excluding steroid dienone is 1. The number of hydrogen-bond donors (Lipinski definition) is 0. The van der Waals surface area contributed by atoms with Crippen LogP contribution < -0.4 is 0 Å². The highest BCUT2D eigenvalue weighted by Gasteiger charge is 2.23. The third-order valence-electron chi connectivity index (χ3n) is 1.90. The second-order valence-electron chi connectivity index (χ2n) is 3.38. The average Bonchev–Trinajstić information content (AvgIpc) is 1.82. The van der Waals surface area contributed by atoms with Crippen molar-refractivity contribution in [2.24, 2.45) is 0 Å². The Hall–Kier alpha value is 1.16. The van der Waals surface area contributed by atoms with E-state index in [-0.39, 0.29) is 1.61 Å². The number of ether oxygens (including phenoxy) is 1. The maximum absolute atomic E-state index is 5.88. The lowest BCUT2D eigenvalue weighted by Gasteiger charge is -2.27. The molecule has 1 unspecified atom stereocenters. The first kappa shape index (κ1) is 11.2. The largest absolute Gasteiger partial charge is 0.352 e. The molecular formula is C9H14I2O. The van der Waals surface area contributed by atoms with Crippen molar-refractivity contribution in [2.45, 2.75) is 40.8 Å². The summed E-state index contributed by atoms with van der Waals surface area (Å²) in [5.74, 6) is 0. The number of halogens is 2. The van der Waals surface area contributed by atoms with E-state index in [9.17, 15) is 0 Å². The predicted octanol–water partition coefficient (Wildman–Crippen LogP) is 4.05. The lowest BCUT2D eigenvalue weighted by Crippen LogP contribution is -2.23. The van der Waals surface area contributed by atoms with Gasteiger partial charge in [0.2, 0.25) is 0 Å². The maximum atomic E-state index is 5.88. The van der Waals surface area contributed by atoms with Gasteiger partial charge in [-0.25, -0.2) is 0 Å². The Labute approximate surface area is 102 Å². The monoisotopic (exact) mass is 392 g/mol. The highest BCUT2D eigenvalue weighted by Crippen LogP contribution is 2.33. The van der Waals surface area contributed by atoms with Crippen LogP contribution in [0.4, 0.5) is 0 Å². The standard InChI is InChI=1S/C9H14I2O/c1-7-4-3-5-8(6-7)12-9(2,10)11/h4,8H,3,5-6H2,1-2H3. The lowest BCUT2D eigenvalue weighted by atomic mass is 9.98. The van der Waals surface area contributed by atoms with E-state index in [1.54, 1.807) is 0 Å². The summed E-state index contributed by atoms with van der Waals surface area (Å²) in [5.41, 5.74) is 1.48. The van der Waals surface area contributed by atoms with Crippen molar-refractivity contribution in [3.63, 3.8) is 0 Å². The minimum Gasteiger partial charge on any atom is -0.352 e. The predicted molar refractivity (Wildman–Crippen MR) is 68.9 cm³/mol. The van der Waals surface area contributed by atoms with Crippen LogP contribution in [0.3, 0.4) is 0 Å². The summed E-state index contributed by atoms with van der Waals surface area (Å²) < 4.78 is 5.84. The second kappa shape index (κ2) is 4.59. The van der Waals surface area contributed by atoms with E-state index in [4.69, 9.17) is 4.74 Å². The average molecular weight is 392 g/mol. The van der Waals surface area contributed by atoms with Crippen LogP contribution in [0.1, 0.15) is 33.1 Å². The van der Waals surface area contributed by atoms with E-state index in [0.717, 1.165) is 6.42 Å². The molecule has 1 rings (SSSR count). The van der Waals surface area contributed by atoms with Crippen LogP contribution in [0.25, 0.3) is 0 Å². The van der Waals surface area contributed by atoms with Gasteiger partial charge in [-0.2, -0.15) is 0 Å². The van der Waals surface area contributed by atoms with Crippen molar-refractivity contribution in [3.8, 4) is 0 Å². The Morgan fingerprint density at radius 3 is 2.75 bits per heavy atom. The van der Waals surface area contributed by atoms with Crippen LogP contribution in [0.5, 0.6) is 0 Å². The Balaban J connectivity index is 2.40. The zero-order chi connectivity index (χ0) is 9.19. The summed E-state index contributed by atoms with van der Waals surface area (Å²) >= 11 is 4.66. The molecule has 0 radical (unpaired) electrons. The first-order valence-electron chi connectivity index (χ1n) is 4.18. The van der Waals surface area contributed by atoms with Gasteiger partial charge in [0.15, 0.2) is 1.61 Å². The van der Waals surface area contributed by atoms with Gasteiger partial charge in [-0.05, 0) is 78.3 Å². The van der Waals surface area contributed by atoms with Crippen molar-refractivity contribution in [3.05, 3.63) is 11.6 Å². The fourth-order valence-corrected chi connectivity index (χ4v) is 2.17. The van der Waals surface area contributed by atoms with E-state index in [1.165, 1.54) is 18.4 Å². The molecule has 0 saturated heterocycles. The summed E-state index contributed by atoms with van der Waals surface area (Å²) in [6.45, 7) is 4.29. The Morgan fingerprint density at radius 2 is 2.25 bits per heavy atom. The van der Waals surface area contributed by atoms with Crippen molar-refractivity contribution in [2.75, 3.05) is 0 Å². The molecule has 0 bridgehead atoms. The third kappa shape index (κ3) is 4.41. The molecule has 1 nitrogen and oxygen atoms in total. The van der Waals surface area contributed by atoms with Crippen molar-refractivity contribution < 1.29 is 4.74 Å². The van der Waals surface area contributed by atoms with Crippen LogP contribution in [-0.2, 0) is 4.74 Å². The molecule has 12 heavy (non-hydrogen) atoms. The summed E-state index contributed by atoms with van der Waals surface area (Å²) in [7, 11) is 0. The summed E-state index contributed by atoms with van der Waals surface area (Å²) in [6.07, 6.45) is 6.23. The van der Waals surface area contributed by atoms with Crippen molar-refractivity contribution >= 4 is 45.2 Å². The number of hydrogen-bond acceptors (Lipinski definition) is 1. The van der Waals surface area contributed by atoms with E-state index in [2.05, 4.69) is 65.1 Å². The van der Waals surface area contributed by atoms with E-state index >= 15 is 0 Å². The summed E-state index contributed by atoms with van der Waals surface area (Å²) in [4.78, 5) is 0. The van der Waals surface area contributed by atoms with Gasteiger partial charge in [-0.1, -0.05) is 11.6 Å². The lowest BCUT2D eigenvalue weighted by molar-refractivity contribution is 0.0361. The second-order valence-corrected chi connectivity index (χ2v) is 9.56. The zero-order valence-electron chi connectivity index (χ0n) is 7.44. The maximum Gasteiger partial charge on any atom is 0.167 e. The normalized spacial score (nSPS) is 25.3. The minimum atomic E-state index is -0.0438. The number of rotatable bonds is 2. The van der Waals surface area contributed by atoms with Gasteiger partial charge in [0.25, 0.3) is 0 Å². The number of alkyl halides is 2. The molecule has 3 heteroatoms. The molecule has 1 atom stereocenters. The fraction of sp³-hybridized carbons (Fsp3) is 0.778. The van der Waals surface area contributed by atoms with E-state index in [1.807, 2.05) is 0 Å². The molecular weight excluding hydrogens is 378 g/mol. The van der Waals surface area contributed by atoms with Gasteiger partial charge in [-0.15, -0.1) is 0 Å². The van der Waals surface area contributed by atoms with Crippen LogP contribution in [-0.4, -0.2) is 7.72 Å². The van der Waals surface area contributed by atoms with E-state index < -0.39 is 0 Å². The smallest absolute Gasteiger partial charge is 0.167 e. The molecule has 0 aromatic rings. The molecule has 70 valence electrons. The topological polar surface area (TPSA) is 9.23 Å². The first-order chi connectivity index (χ1) is 5.47. The van der Waals surface area contributed by atoms with Gasteiger partial charge >= 0.3 is 0 Å². The molecule has 0 aromatic heterocycles. The molecule has 0 aliphatic heterocycles. The van der Waals surface area contributed by atoms with Gasteiger partial charge in [0, 0.05) is 0 Å². The molecule has 1 aliphatic rings. The van der Waals surface area contributed by atoms with Crippen LogP contribution in [0, 0.1) is 0 Å². The molecule has 1 aliphatic carbocycles. The highest BCUT2D eigenvalue weighted by atomic mass is 127. The van der Waals surface area contributed by atoms with Crippen LogP contribution in [0.15, 0.2) is 11.6 Å². The van der Waals surface area contributed by atoms with Gasteiger partial charge < -0.3 is 4.74 Å². The molecule has 0 amide bonds. The third-order valence-corrected chi connectivity index (χ3v) is 2.41. The highest BCUT2D eigenvalue weighted by molar-refractivity contribution is 14.2. The van der Waals surface area contributed by atoms with Gasteiger partial charge in [-0.3, -0.25) is 0 Å². The minimum absolute atomic E-state index is 0.0438. The summed E-state index contributed by atoms with van der Waals surface area (Å²) in [6, 6.07) is 0. The zero-order valence-corrected chi connectivity index (χ0v) is 11.8. The van der Waals surface area contributed by atoms with Crippen molar-refractivity contribution in [1.82, 2.24) is 0 Å². The quantitative estimate of drug-likeness (QED) is 0.392. The molecule has 0 aromatic carbocycles.